The summed E-state index contributed by atoms with van der Waals surface area (Å²) in [6.07, 6.45) is 1.95. The lowest BCUT2D eigenvalue weighted by molar-refractivity contribution is -0.117. The fraction of sp³-hybridized carbons (Fsp3) is 0.318. The van der Waals surface area contributed by atoms with E-state index in [0.717, 1.165) is 22.4 Å². The molecule has 2 heterocycles. The molecule has 158 valence electrons. The maximum atomic E-state index is 12.7. The Morgan fingerprint density at radius 1 is 1.27 bits per heavy atom. The average Bonchev–Trinajstić information content (AvgIpc) is 3.25. The quantitative estimate of drug-likeness (QED) is 0.556. The summed E-state index contributed by atoms with van der Waals surface area (Å²) in [5.41, 5.74) is 4.07. The van der Waals surface area contributed by atoms with Crippen molar-refractivity contribution in [3.05, 3.63) is 58.7 Å². The maximum absolute atomic E-state index is 12.7. The zero-order valence-electron chi connectivity index (χ0n) is 17.6. The number of nitrogens with zero attached hydrogens (tertiary/aromatic N) is 3. The number of esters is 1. The molecule has 7 nitrogen and oxygen atoms in total. The third-order valence-corrected chi connectivity index (χ3v) is 5.47. The lowest BCUT2D eigenvalue weighted by Crippen LogP contribution is -2.30. The first kappa shape index (κ1) is 21.7. The van der Waals surface area contributed by atoms with E-state index < -0.39 is 5.97 Å². The summed E-state index contributed by atoms with van der Waals surface area (Å²) >= 11 is 1.33. The first-order valence-electron chi connectivity index (χ1n) is 9.70. The standard InChI is InChI=1S/C22H26N4O3S/c1-5-29-22(28)20-18(16-9-7-6-8-10-16)14-30-21(20)23-19(27)13-25(3)11-17-12-26(4)24-15(17)2/h6-10,12,14H,5,11,13H2,1-4H3,(H,23,27). The molecule has 2 aromatic heterocycles. The van der Waals surface area contributed by atoms with Gasteiger partial charge < -0.3 is 10.1 Å². The molecule has 0 aliphatic rings. The number of benzene rings is 1. The number of anilines is 1. The van der Waals surface area contributed by atoms with Gasteiger partial charge in [-0.2, -0.15) is 5.10 Å². The van der Waals surface area contributed by atoms with Crippen LogP contribution in [0.5, 0.6) is 0 Å². The van der Waals surface area contributed by atoms with Gasteiger partial charge in [-0.3, -0.25) is 14.4 Å². The monoisotopic (exact) mass is 426 g/mol. The predicted octanol–water partition coefficient (Wildman–Crippen LogP) is 3.70. The van der Waals surface area contributed by atoms with Crippen LogP contribution in [-0.2, 0) is 23.1 Å². The third-order valence-electron chi connectivity index (χ3n) is 4.58. The van der Waals surface area contributed by atoms with Crippen molar-refractivity contribution in [3.8, 4) is 11.1 Å². The van der Waals surface area contributed by atoms with E-state index in [1.54, 1.807) is 11.6 Å². The van der Waals surface area contributed by atoms with Gasteiger partial charge in [0, 0.05) is 36.3 Å². The molecule has 0 unspecified atom stereocenters. The molecule has 1 aromatic carbocycles. The van der Waals surface area contributed by atoms with E-state index in [0.29, 0.717) is 17.1 Å². The molecule has 0 saturated heterocycles. The zero-order chi connectivity index (χ0) is 21.7. The maximum Gasteiger partial charge on any atom is 0.341 e. The van der Waals surface area contributed by atoms with Crippen LogP contribution in [-0.4, -0.2) is 46.8 Å². The highest BCUT2D eigenvalue weighted by molar-refractivity contribution is 7.15. The van der Waals surface area contributed by atoms with E-state index >= 15 is 0 Å². The van der Waals surface area contributed by atoms with E-state index in [2.05, 4.69) is 10.4 Å². The molecule has 0 fully saturated rings. The Morgan fingerprint density at radius 3 is 2.63 bits per heavy atom. The molecule has 0 saturated carbocycles. The van der Waals surface area contributed by atoms with Gasteiger partial charge in [0.1, 0.15) is 10.6 Å². The van der Waals surface area contributed by atoms with E-state index in [9.17, 15) is 9.59 Å². The zero-order valence-corrected chi connectivity index (χ0v) is 18.5. The molecule has 3 rings (SSSR count). The van der Waals surface area contributed by atoms with Gasteiger partial charge >= 0.3 is 5.97 Å². The minimum atomic E-state index is -0.438. The van der Waals surface area contributed by atoms with Crippen molar-refractivity contribution in [1.29, 1.82) is 0 Å². The molecule has 8 heteroatoms. The number of aromatic nitrogens is 2. The van der Waals surface area contributed by atoms with Gasteiger partial charge in [-0.1, -0.05) is 30.3 Å². The molecule has 0 aliphatic carbocycles. The molecule has 1 amide bonds. The summed E-state index contributed by atoms with van der Waals surface area (Å²) in [5.74, 6) is -0.627. The SMILES string of the molecule is CCOC(=O)c1c(-c2ccccc2)csc1NC(=O)CN(C)Cc1cn(C)nc1C. The number of hydrogen-bond acceptors (Lipinski definition) is 6. The molecule has 1 N–H and O–H groups in total. The van der Waals surface area contributed by atoms with Crippen molar-refractivity contribution in [3.63, 3.8) is 0 Å². The van der Waals surface area contributed by atoms with Gasteiger partial charge in [-0.05, 0) is 26.5 Å². The van der Waals surface area contributed by atoms with Crippen LogP contribution in [0.1, 0.15) is 28.5 Å². The lowest BCUT2D eigenvalue weighted by atomic mass is 10.0. The Labute approximate surface area is 180 Å². The number of thiophene rings is 1. The second-order valence-corrected chi connectivity index (χ2v) is 7.95. The smallest absolute Gasteiger partial charge is 0.341 e. The Hall–Kier alpha value is -2.97. The number of rotatable bonds is 8. The molecule has 3 aromatic rings. The van der Waals surface area contributed by atoms with Crippen molar-refractivity contribution < 1.29 is 14.3 Å². The molecule has 0 spiro atoms. The highest BCUT2D eigenvalue weighted by atomic mass is 32.1. The van der Waals surface area contributed by atoms with Crippen LogP contribution in [0.3, 0.4) is 0 Å². The van der Waals surface area contributed by atoms with Crippen molar-refractivity contribution in [1.82, 2.24) is 14.7 Å². The normalized spacial score (nSPS) is 11.0. The number of carbonyl (C=O) groups excluding carboxylic acids is 2. The minimum Gasteiger partial charge on any atom is -0.462 e. The molecule has 0 bridgehead atoms. The highest BCUT2D eigenvalue weighted by Crippen LogP contribution is 2.36. The number of aryl methyl sites for hydroxylation is 2. The number of ether oxygens (including phenoxy) is 1. The van der Waals surface area contributed by atoms with Crippen LogP contribution in [0.2, 0.25) is 0 Å². The Morgan fingerprint density at radius 2 is 2.00 bits per heavy atom. The van der Waals surface area contributed by atoms with Gasteiger partial charge in [0.2, 0.25) is 5.91 Å². The summed E-state index contributed by atoms with van der Waals surface area (Å²) in [6, 6.07) is 9.61. The highest BCUT2D eigenvalue weighted by Gasteiger charge is 2.23. The van der Waals surface area contributed by atoms with E-state index in [-0.39, 0.29) is 19.1 Å². The first-order valence-corrected chi connectivity index (χ1v) is 10.6. The molecule has 0 atom stereocenters. The fourth-order valence-corrected chi connectivity index (χ4v) is 4.22. The lowest BCUT2D eigenvalue weighted by Gasteiger charge is -2.16. The van der Waals surface area contributed by atoms with E-state index in [4.69, 9.17) is 4.74 Å². The van der Waals surface area contributed by atoms with Gasteiger partial charge in [0.15, 0.2) is 0 Å². The van der Waals surface area contributed by atoms with Gasteiger partial charge in [0.05, 0.1) is 18.8 Å². The van der Waals surface area contributed by atoms with Crippen LogP contribution in [0.15, 0.2) is 41.9 Å². The minimum absolute atomic E-state index is 0.189. The summed E-state index contributed by atoms with van der Waals surface area (Å²) in [6.45, 7) is 4.78. The van der Waals surface area contributed by atoms with Crippen molar-refractivity contribution in [2.24, 2.45) is 7.05 Å². The van der Waals surface area contributed by atoms with Crippen LogP contribution in [0.4, 0.5) is 5.00 Å². The predicted molar refractivity (Wildman–Crippen MR) is 119 cm³/mol. The van der Waals surface area contributed by atoms with Crippen molar-refractivity contribution in [2.45, 2.75) is 20.4 Å². The topological polar surface area (TPSA) is 76.5 Å². The molecular weight excluding hydrogens is 400 g/mol. The van der Waals surface area contributed by atoms with Crippen molar-refractivity contribution >= 4 is 28.2 Å². The van der Waals surface area contributed by atoms with E-state index in [1.165, 1.54) is 11.3 Å². The van der Waals surface area contributed by atoms with Crippen LogP contribution in [0.25, 0.3) is 11.1 Å². The molecule has 30 heavy (non-hydrogen) atoms. The summed E-state index contributed by atoms with van der Waals surface area (Å²) < 4.78 is 7.01. The average molecular weight is 427 g/mol. The third kappa shape index (κ3) is 5.14. The molecule has 0 radical (unpaired) electrons. The Balaban J connectivity index is 1.75. The molecule has 0 aliphatic heterocycles. The number of likely N-dealkylation sites (N-methyl/N-ethyl adjacent to an activating group) is 1. The summed E-state index contributed by atoms with van der Waals surface area (Å²) in [7, 11) is 3.75. The number of carbonyl (C=O) groups is 2. The van der Waals surface area contributed by atoms with Gasteiger partial charge in [-0.15, -0.1) is 11.3 Å². The number of hydrogen-bond donors (Lipinski definition) is 1. The van der Waals surface area contributed by atoms with Crippen LogP contribution >= 0.6 is 11.3 Å². The van der Waals surface area contributed by atoms with Crippen LogP contribution < -0.4 is 5.32 Å². The number of nitrogens with one attached hydrogen (secondary N) is 1. The Bertz CT molecular complexity index is 1030. The fourth-order valence-electron chi connectivity index (χ4n) is 3.25. The molecular formula is C22H26N4O3S. The largest absolute Gasteiger partial charge is 0.462 e. The summed E-state index contributed by atoms with van der Waals surface area (Å²) in [4.78, 5) is 27.2. The van der Waals surface area contributed by atoms with Crippen LogP contribution in [0, 0.1) is 6.92 Å². The van der Waals surface area contributed by atoms with Gasteiger partial charge in [-0.25, -0.2) is 4.79 Å². The van der Waals surface area contributed by atoms with Gasteiger partial charge in [0.25, 0.3) is 0 Å². The van der Waals surface area contributed by atoms with E-state index in [1.807, 2.05) is 67.8 Å². The number of amides is 1. The second kappa shape index (κ2) is 9.69. The first-order chi connectivity index (χ1) is 14.4. The van der Waals surface area contributed by atoms with Crippen molar-refractivity contribution in [2.75, 3.05) is 25.5 Å². The second-order valence-electron chi connectivity index (χ2n) is 7.07. The Kier molecular flexibility index (Phi) is 7.02. The summed E-state index contributed by atoms with van der Waals surface area (Å²) in [5, 5.41) is 9.60.